The number of rotatable bonds is 4. The maximum absolute atomic E-state index is 14.4. The first-order valence-electron chi connectivity index (χ1n) is 7.36. The molecule has 1 aliphatic heterocycles. The summed E-state index contributed by atoms with van der Waals surface area (Å²) >= 11 is 1.47. The van der Waals surface area contributed by atoms with E-state index in [1.54, 1.807) is 29.2 Å². The Morgan fingerprint density at radius 2 is 2.29 bits per heavy atom. The number of hydrogen-bond acceptors (Lipinski definition) is 5. The summed E-state index contributed by atoms with van der Waals surface area (Å²) in [7, 11) is 0. The first-order chi connectivity index (χ1) is 11.7. The maximum atomic E-state index is 14.4. The molecule has 3 aromatic rings. The highest BCUT2D eigenvalue weighted by molar-refractivity contribution is 7.13. The lowest BCUT2D eigenvalue weighted by Gasteiger charge is -2.14. The van der Waals surface area contributed by atoms with Gasteiger partial charge in [-0.3, -0.25) is 4.90 Å². The largest absolute Gasteiger partial charge is 0.442 e. The average Bonchev–Trinajstić information content (AvgIpc) is 3.30. The number of benzene rings is 1. The smallest absolute Gasteiger partial charge is 0.414 e. The number of amides is 1. The van der Waals surface area contributed by atoms with Crippen LogP contribution in [0.1, 0.15) is 0 Å². The molecule has 0 aliphatic carbocycles. The van der Waals surface area contributed by atoms with Gasteiger partial charge in [-0.1, -0.05) is 11.3 Å². The van der Waals surface area contributed by atoms with Crippen molar-refractivity contribution in [3.05, 3.63) is 53.9 Å². The van der Waals surface area contributed by atoms with Crippen molar-refractivity contribution >= 4 is 23.1 Å². The normalized spacial score (nSPS) is 17.3. The molecule has 1 amide bonds. The highest BCUT2D eigenvalue weighted by Crippen LogP contribution is 2.31. The van der Waals surface area contributed by atoms with Crippen molar-refractivity contribution in [2.75, 3.05) is 11.4 Å². The highest BCUT2D eigenvalue weighted by Gasteiger charge is 2.33. The van der Waals surface area contributed by atoms with E-state index in [1.807, 2.05) is 17.5 Å². The van der Waals surface area contributed by atoms with E-state index in [0.717, 1.165) is 4.88 Å². The predicted molar refractivity (Wildman–Crippen MR) is 87.4 cm³/mol. The van der Waals surface area contributed by atoms with E-state index in [9.17, 15) is 9.18 Å². The molecule has 1 saturated heterocycles. The van der Waals surface area contributed by atoms with Crippen LogP contribution in [0.15, 0.2) is 48.1 Å². The first-order valence-corrected chi connectivity index (χ1v) is 8.24. The van der Waals surface area contributed by atoms with Gasteiger partial charge in [0.15, 0.2) is 0 Å². The molecule has 1 aromatic carbocycles. The first kappa shape index (κ1) is 14.8. The molecule has 1 atom stereocenters. The third kappa shape index (κ3) is 2.76. The zero-order valence-electron chi connectivity index (χ0n) is 12.5. The van der Waals surface area contributed by atoms with Crippen LogP contribution in [0.2, 0.25) is 0 Å². The fourth-order valence-electron chi connectivity index (χ4n) is 2.67. The summed E-state index contributed by atoms with van der Waals surface area (Å²) in [4.78, 5) is 14.4. The molecule has 1 fully saturated rings. The lowest BCUT2D eigenvalue weighted by molar-refractivity contribution is 0.129. The van der Waals surface area contributed by atoms with Gasteiger partial charge >= 0.3 is 6.09 Å². The van der Waals surface area contributed by atoms with Crippen molar-refractivity contribution in [1.82, 2.24) is 15.0 Å². The van der Waals surface area contributed by atoms with Gasteiger partial charge < -0.3 is 4.74 Å². The molecule has 0 radical (unpaired) electrons. The molecular weight excluding hydrogens is 331 g/mol. The average molecular weight is 344 g/mol. The molecule has 2 aromatic heterocycles. The van der Waals surface area contributed by atoms with Crippen LogP contribution >= 0.6 is 11.3 Å². The number of halogens is 1. The summed E-state index contributed by atoms with van der Waals surface area (Å²) in [6.45, 7) is 0.758. The fraction of sp³-hybridized carbons (Fsp3) is 0.188. The minimum Gasteiger partial charge on any atom is -0.442 e. The fourth-order valence-corrected chi connectivity index (χ4v) is 3.42. The monoisotopic (exact) mass is 344 g/mol. The summed E-state index contributed by atoms with van der Waals surface area (Å²) in [6, 6.07) is 8.53. The van der Waals surface area contributed by atoms with Gasteiger partial charge in [0.25, 0.3) is 0 Å². The van der Waals surface area contributed by atoms with Crippen molar-refractivity contribution in [3.63, 3.8) is 0 Å². The molecule has 0 N–H and O–H groups in total. The lowest BCUT2D eigenvalue weighted by Crippen LogP contribution is -2.26. The number of aromatic nitrogens is 3. The number of ether oxygens (including phenoxy) is 1. The van der Waals surface area contributed by atoms with Crippen molar-refractivity contribution in [2.45, 2.75) is 12.6 Å². The van der Waals surface area contributed by atoms with Crippen LogP contribution in [0.25, 0.3) is 10.4 Å². The predicted octanol–water partition coefficient (Wildman–Crippen LogP) is 3.17. The summed E-state index contributed by atoms with van der Waals surface area (Å²) in [5, 5.41) is 9.47. The van der Waals surface area contributed by atoms with Crippen LogP contribution in [0.4, 0.5) is 14.9 Å². The van der Waals surface area contributed by atoms with Crippen molar-refractivity contribution < 1.29 is 13.9 Å². The topological polar surface area (TPSA) is 60.3 Å². The van der Waals surface area contributed by atoms with Crippen molar-refractivity contribution in [1.29, 1.82) is 0 Å². The van der Waals surface area contributed by atoms with E-state index in [1.165, 1.54) is 22.3 Å². The number of hydrogen-bond donors (Lipinski definition) is 0. The van der Waals surface area contributed by atoms with Gasteiger partial charge in [0.2, 0.25) is 0 Å². The second-order valence-electron chi connectivity index (χ2n) is 5.38. The van der Waals surface area contributed by atoms with E-state index in [-0.39, 0.29) is 11.9 Å². The molecule has 4 rings (SSSR count). The highest BCUT2D eigenvalue weighted by atomic mass is 32.1. The van der Waals surface area contributed by atoms with Crippen molar-refractivity contribution in [3.8, 4) is 10.4 Å². The van der Waals surface area contributed by atoms with E-state index < -0.39 is 6.09 Å². The van der Waals surface area contributed by atoms with Crippen LogP contribution in [0.3, 0.4) is 0 Å². The number of carbonyl (C=O) groups is 1. The Morgan fingerprint density at radius 3 is 3.00 bits per heavy atom. The van der Waals surface area contributed by atoms with Crippen molar-refractivity contribution in [2.24, 2.45) is 0 Å². The standard InChI is InChI=1S/C16H13FN4O2S/c17-14-8-11(3-4-13(14)15-2-1-7-24-15)21-10-12(23-16(21)22)9-20-6-5-18-19-20/h1-8,12H,9-10H2/t12-/m0/s1. The van der Waals surface area contributed by atoms with Gasteiger partial charge in [0, 0.05) is 16.6 Å². The molecule has 1 aliphatic rings. The molecule has 24 heavy (non-hydrogen) atoms. The Hall–Kier alpha value is -2.74. The third-order valence-electron chi connectivity index (χ3n) is 3.79. The molecule has 8 heteroatoms. The van der Waals surface area contributed by atoms with Crippen LogP contribution < -0.4 is 4.90 Å². The van der Waals surface area contributed by atoms with Crippen LogP contribution in [0, 0.1) is 5.82 Å². The summed E-state index contributed by atoms with van der Waals surface area (Å²) in [5.41, 5.74) is 1.01. The minimum atomic E-state index is -0.483. The molecule has 0 bridgehead atoms. The number of carbonyl (C=O) groups excluding carboxylic acids is 1. The van der Waals surface area contributed by atoms with E-state index in [2.05, 4.69) is 10.3 Å². The van der Waals surface area contributed by atoms with E-state index in [4.69, 9.17) is 4.74 Å². The van der Waals surface area contributed by atoms with Gasteiger partial charge in [-0.2, -0.15) is 0 Å². The van der Waals surface area contributed by atoms with E-state index >= 15 is 0 Å². The number of cyclic esters (lactones) is 1. The van der Waals surface area contributed by atoms with Crippen LogP contribution in [-0.4, -0.2) is 33.7 Å². The number of thiophene rings is 1. The minimum absolute atomic E-state index is 0.344. The van der Waals surface area contributed by atoms with E-state index in [0.29, 0.717) is 24.3 Å². The second kappa shape index (κ2) is 6.04. The Kier molecular flexibility index (Phi) is 3.73. The quantitative estimate of drug-likeness (QED) is 0.729. The lowest BCUT2D eigenvalue weighted by atomic mass is 10.1. The van der Waals surface area contributed by atoms with Crippen LogP contribution in [-0.2, 0) is 11.3 Å². The third-order valence-corrected chi connectivity index (χ3v) is 4.69. The zero-order valence-corrected chi connectivity index (χ0v) is 13.3. The Bertz CT molecular complexity index is 851. The molecule has 0 saturated carbocycles. The van der Waals surface area contributed by atoms with Gasteiger partial charge in [0.1, 0.15) is 11.9 Å². The van der Waals surface area contributed by atoms with Gasteiger partial charge in [0.05, 0.1) is 25.0 Å². The van der Waals surface area contributed by atoms with Crippen LogP contribution in [0.5, 0.6) is 0 Å². The SMILES string of the molecule is O=C1O[C@@H](Cn2ccnn2)CN1c1ccc(-c2cccs2)c(F)c1. The Labute approximate surface area is 141 Å². The summed E-state index contributed by atoms with van der Waals surface area (Å²) < 4.78 is 21.3. The summed E-state index contributed by atoms with van der Waals surface area (Å²) in [5.74, 6) is -0.359. The molecule has 0 unspecified atom stereocenters. The number of nitrogens with zero attached hydrogens (tertiary/aromatic N) is 4. The summed E-state index contributed by atoms with van der Waals surface area (Å²) in [6.07, 6.45) is 2.43. The van der Waals surface area contributed by atoms with Gasteiger partial charge in [-0.25, -0.2) is 13.9 Å². The zero-order chi connectivity index (χ0) is 16.5. The second-order valence-corrected chi connectivity index (χ2v) is 6.33. The maximum Gasteiger partial charge on any atom is 0.414 e. The van der Waals surface area contributed by atoms with Gasteiger partial charge in [-0.05, 0) is 29.6 Å². The molecule has 3 heterocycles. The molecule has 0 spiro atoms. The molecule has 122 valence electrons. The molecule has 6 nitrogen and oxygen atoms in total. The molecular formula is C16H13FN4O2S. The van der Waals surface area contributed by atoms with Gasteiger partial charge in [-0.15, -0.1) is 16.4 Å². The Morgan fingerprint density at radius 1 is 1.38 bits per heavy atom. The Balaban J connectivity index is 1.53. The number of anilines is 1.